The van der Waals surface area contributed by atoms with Crippen molar-refractivity contribution < 1.29 is 14.6 Å². The lowest BCUT2D eigenvalue weighted by molar-refractivity contribution is -0.137. The Morgan fingerprint density at radius 1 is 1.33 bits per heavy atom. The molecule has 2 fully saturated rings. The molecule has 86 valence electrons. The molecule has 1 saturated carbocycles. The van der Waals surface area contributed by atoms with Crippen molar-refractivity contribution in [3.05, 3.63) is 0 Å². The fourth-order valence-corrected chi connectivity index (χ4v) is 2.69. The molecule has 1 aliphatic carbocycles. The number of ether oxygens (including phenoxy) is 1. The van der Waals surface area contributed by atoms with Crippen molar-refractivity contribution in [3.63, 3.8) is 0 Å². The SMILES string of the molecule is O=C1CC(O)(CCC2CCCCC2)CO1. The Morgan fingerprint density at radius 3 is 2.67 bits per heavy atom. The number of esters is 1. The predicted octanol–water partition coefficient (Wildman–Crippen LogP) is 2.02. The molecule has 0 aromatic carbocycles. The van der Waals surface area contributed by atoms with Crippen LogP contribution in [-0.2, 0) is 9.53 Å². The molecule has 1 N–H and O–H groups in total. The Balaban J connectivity index is 1.74. The summed E-state index contributed by atoms with van der Waals surface area (Å²) in [5.41, 5.74) is -0.853. The van der Waals surface area contributed by atoms with E-state index in [9.17, 15) is 9.90 Å². The van der Waals surface area contributed by atoms with Crippen LogP contribution < -0.4 is 0 Å². The van der Waals surface area contributed by atoms with Crippen molar-refractivity contribution in [2.24, 2.45) is 5.92 Å². The summed E-state index contributed by atoms with van der Waals surface area (Å²) in [6, 6.07) is 0. The van der Waals surface area contributed by atoms with Crippen LogP contribution in [0.15, 0.2) is 0 Å². The molecule has 1 unspecified atom stereocenters. The first-order valence-electron chi connectivity index (χ1n) is 6.06. The zero-order valence-electron chi connectivity index (χ0n) is 9.21. The highest BCUT2D eigenvalue weighted by atomic mass is 16.6. The average Bonchev–Trinajstić information content (AvgIpc) is 2.58. The molecule has 1 aliphatic heterocycles. The second-order valence-electron chi connectivity index (χ2n) is 5.10. The lowest BCUT2D eigenvalue weighted by Gasteiger charge is -2.25. The molecule has 0 radical (unpaired) electrons. The van der Waals surface area contributed by atoms with Crippen LogP contribution in [-0.4, -0.2) is 23.3 Å². The van der Waals surface area contributed by atoms with E-state index in [0.29, 0.717) is 0 Å². The number of rotatable bonds is 3. The molecule has 0 amide bonds. The molecule has 15 heavy (non-hydrogen) atoms. The Morgan fingerprint density at radius 2 is 2.07 bits per heavy atom. The lowest BCUT2D eigenvalue weighted by atomic mass is 9.83. The van der Waals surface area contributed by atoms with Gasteiger partial charge in [-0.2, -0.15) is 0 Å². The molecule has 0 bridgehead atoms. The van der Waals surface area contributed by atoms with Gasteiger partial charge in [-0.25, -0.2) is 0 Å². The van der Waals surface area contributed by atoms with Gasteiger partial charge >= 0.3 is 5.97 Å². The standard InChI is InChI=1S/C12H20O3/c13-11-8-12(14,9-15-11)7-6-10-4-2-1-3-5-10/h10,14H,1-9H2. The van der Waals surface area contributed by atoms with E-state index >= 15 is 0 Å². The number of cyclic esters (lactones) is 1. The fourth-order valence-electron chi connectivity index (χ4n) is 2.69. The fraction of sp³-hybridized carbons (Fsp3) is 0.917. The molecule has 1 atom stereocenters. The maximum Gasteiger partial charge on any atom is 0.308 e. The highest BCUT2D eigenvalue weighted by Gasteiger charge is 2.38. The van der Waals surface area contributed by atoms with Gasteiger partial charge in [-0.15, -0.1) is 0 Å². The summed E-state index contributed by atoms with van der Waals surface area (Å²) in [6.45, 7) is 0.207. The van der Waals surface area contributed by atoms with E-state index in [0.717, 1.165) is 18.8 Å². The van der Waals surface area contributed by atoms with Crippen molar-refractivity contribution in [1.82, 2.24) is 0 Å². The topological polar surface area (TPSA) is 46.5 Å². The summed E-state index contributed by atoms with van der Waals surface area (Å²) in [6.07, 6.45) is 8.59. The van der Waals surface area contributed by atoms with Gasteiger partial charge in [0.1, 0.15) is 12.2 Å². The monoisotopic (exact) mass is 212 g/mol. The maximum atomic E-state index is 10.9. The van der Waals surface area contributed by atoms with Crippen molar-refractivity contribution in [2.45, 2.75) is 57.0 Å². The molecule has 1 saturated heterocycles. The Hall–Kier alpha value is -0.570. The van der Waals surface area contributed by atoms with Gasteiger partial charge in [-0.05, 0) is 18.8 Å². The van der Waals surface area contributed by atoms with E-state index in [2.05, 4.69) is 0 Å². The van der Waals surface area contributed by atoms with Crippen LogP contribution in [0.4, 0.5) is 0 Å². The predicted molar refractivity (Wildman–Crippen MR) is 56.3 cm³/mol. The van der Waals surface area contributed by atoms with Crippen LogP contribution in [0.25, 0.3) is 0 Å². The minimum atomic E-state index is -0.853. The van der Waals surface area contributed by atoms with Crippen LogP contribution in [0, 0.1) is 5.92 Å². The third-order valence-corrected chi connectivity index (χ3v) is 3.72. The number of carbonyl (C=O) groups excluding carboxylic acids is 1. The van der Waals surface area contributed by atoms with Gasteiger partial charge in [0, 0.05) is 0 Å². The first-order chi connectivity index (χ1) is 7.18. The van der Waals surface area contributed by atoms with E-state index in [4.69, 9.17) is 4.74 Å². The number of hydrogen-bond donors (Lipinski definition) is 1. The zero-order valence-corrected chi connectivity index (χ0v) is 9.21. The quantitative estimate of drug-likeness (QED) is 0.728. The van der Waals surface area contributed by atoms with Crippen LogP contribution in [0.5, 0.6) is 0 Å². The van der Waals surface area contributed by atoms with Gasteiger partial charge in [-0.1, -0.05) is 32.1 Å². The molecule has 1 heterocycles. The molecule has 0 aromatic rings. The molecule has 3 heteroatoms. The minimum Gasteiger partial charge on any atom is -0.463 e. The van der Waals surface area contributed by atoms with Crippen molar-refractivity contribution in [1.29, 1.82) is 0 Å². The highest BCUT2D eigenvalue weighted by molar-refractivity contribution is 5.72. The molecule has 2 rings (SSSR count). The first-order valence-corrected chi connectivity index (χ1v) is 6.06. The third kappa shape index (κ3) is 2.94. The molecule has 3 nitrogen and oxygen atoms in total. The highest BCUT2D eigenvalue weighted by Crippen LogP contribution is 2.32. The van der Waals surface area contributed by atoms with Crippen LogP contribution in [0.3, 0.4) is 0 Å². The Bertz CT molecular complexity index is 233. The van der Waals surface area contributed by atoms with E-state index in [1.807, 2.05) is 0 Å². The van der Waals surface area contributed by atoms with Crippen LogP contribution in [0.1, 0.15) is 51.4 Å². The molecular formula is C12H20O3. The van der Waals surface area contributed by atoms with E-state index in [1.54, 1.807) is 0 Å². The average molecular weight is 212 g/mol. The molecule has 0 spiro atoms. The summed E-state index contributed by atoms with van der Waals surface area (Å²) in [5, 5.41) is 10.0. The summed E-state index contributed by atoms with van der Waals surface area (Å²) in [5.74, 6) is 0.514. The van der Waals surface area contributed by atoms with Crippen molar-refractivity contribution in [2.75, 3.05) is 6.61 Å². The van der Waals surface area contributed by atoms with E-state index < -0.39 is 5.60 Å². The smallest absolute Gasteiger partial charge is 0.308 e. The van der Waals surface area contributed by atoms with Crippen LogP contribution >= 0.6 is 0 Å². The number of carbonyl (C=O) groups is 1. The summed E-state index contributed by atoms with van der Waals surface area (Å²) in [4.78, 5) is 10.9. The second kappa shape index (κ2) is 4.52. The normalized spacial score (nSPS) is 33.0. The molecular weight excluding hydrogens is 192 g/mol. The van der Waals surface area contributed by atoms with Gasteiger partial charge in [0.25, 0.3) is 0 Å². The van der Waals surface area contributed by atoms with Crippen LogP contribution in [0.2, 0.25) is 0 Å². The maximum absolute atomic E-state index is 10.9. The van der Waals surface area contributed by atoms with E-state index in [-0.39, 0.29) is 19.0 Å². The Labute approximate surface area is 90.8 Å². The first kappa shape index (κ1) is 10.9. The van der Waals surface area contributed by atoms with Gasteiger partial charge in [0.05, 0.1) is 6.42 Å². The zero-order chi connectivity index (χ0) is 10.7. The van der Waals surface area contributed by atoms with Gasteiger partial charge < -0.3 is 9.84 Å². The van der Waals surface area contributed by atoms with Crippen molar-refractivity contribution in [3.8, 4) is 0 Å². The molecule has 0 aromatic heterocycles. The summed E-state index contributed by atoms with van der Waals surface area (Å²) < 4.78 is 4.82. The number of hydrogen-bond acceptors (Lipinski definition) is 3. The second-order valence-corrected chi connectivity index (χ2v) is 5.10. The largest absolute Gasteiger partial charge is 0.463 e. The van der Waals surface area contributed by atoms with E-state index in [1.165, 1.54) is 32.1 Å². The van der Waals surface area contributed by atoms with Gasteiger partial charge in [0.2, 0.25) is 0 Å². The van der Waals surface area contributed by atoms with Gasteiger partial charge in [-0.3, -0.25) is 4.79 Å². The lowest BCUT2D eigenvalue weighted by Crippen LogP contribution is -2.29. The summed E-state index contributed by atoms with van der Waals surface area (Å²) >= 11 is 0. The third-order valence-electron chi connectivity index (χ3n) is 3.72. The minimum absolute atomic E-state index is 0.194. The Kier molecular flexibility index (Phi) is 3.29. The van der Waals surface area contributed by atoms with Gasteiger partial charge in [0.15, 0.2) is 0 Å². The summed E-state index contributed by atoms with van der Waals surface area (Å²) in [7, 11) is 0. The molecule has 2 aliphatic rings. The van der Waals surface area contributed by atoms with Crippen molar-refractivity contribution >= 4 is 5.97 Å². The number of aliphatic hydroxyl groups is 1.